The fraction of sp³-hybridized carbons (Fsp3) is 0.143. The zero-order chi connectivity index (χ0) is 10.1. The van der Waals surface area contributed by atoms with E-state index < -0.39 is 14.9 Å². The molecule has 6 heteroatoms. The summed E-state index contributed by atoms with van der Waals surface area (Å²) >= 11 is 2.94. The Balaban J connectivity index is 2.99. The molecule has 0 aromatic heterocycles. The van der Waals surface area contributed by atoms with Crippen molar-refractivity contribution in [1.82, 2.24) is 0 Å². The van der Waals surface area contributed by atoms with Gasteiger partial charge in [-0.15, -0.1) is 0 Å². The van der Waals surface area contributed by atoms with Gasteiger partial charge in [-0.05, 0) is 33.6 Å². The third kappa shape index (κ3) is 3.62. The Hall–Kier alpha value is -0.130. The Morgan fingerprint density at radius 2 is 2.08 bits per heavy atom. The van der Waals surface area contributed by atoms with Gasteiger partial charge in [0.15, 0.2) is 0 Å². The van der Waals surface area contributed by atoms with Crippen LogP contribution in [0.1, 0.15) is 5.56 Å². The van der Waals surface area contributed by atoms with Crippen LogP contribution < -0.4 is 0 Å². The van der Waals surface area contributed by atoms with Crippen LogP contribution in [-0.4, -0.2) is 8.42 Å². The third-order valence-corrected chi connectivity index (χ3v) is 2.94. The Bertz CT molecular complexity index is 419. The molecular formula is C7H5BrClFO2S. The summed E-state index contributed by atoms with van der Waals surface area (Å²) in [6.07, 6.45) is 0. The highest BCUT2D eigenvalue weighted by Gasteiger charge is 2.08. The van der Waals surface area contributed by atoms with Gasteiger partial charge < -0.3 is 0 Å². The van der Waals surface area contributed by atoms with E-state index in [4.69, 9.17) is 10.7 Å². The van der Waals surface area contributed by atoms with Crippen LogP contribution in [-0.2, 0) is 14.8 Å². The van der Waals surface area contributed by atoms with Crippen molar-refractivity contribution in [3.63, 3.8) is 0 Å². The molecule has 0 aliphatic heterocycles. The monoisotopic (exact) mass is 286 g/mol. The van der Waals surface area contributed by atoms with Crippen molar-refractivity contribution in [3.8, 4) is 0 Å². The summed E-state index contributed by atoms with van der Waals surface area (Å²) in [6.45, 7) is 0. The first-order valence-electron chi connectivity index (χ1n) is 3.25. The number of rotatable bonds is 2. The predicted octanol–water partition coefficient (Wildman–Crippen LogP) is 2.66. The van der Waals surface area contributed by atoms with Crippen LogP contribution in [0.3, 0.4) is 0 Å². The zero-order valence-corrected chi connectivity index (χ0v) is 9.46. The molecule has 0 spiro atoms. The topological polar surface area (TPSA) is 34.1 Å². The molecule has 0 heterocycles. The quantitative estimate of drug-likeness (QED) is 0.784. The maximum atomic E-state index is 12.7. The minimum Gasteiger partial charge on any atom is -0.212 e. The van der Waals surface area contributed by atoms with Gasteiger partial charge in [-0.1, -0.05) is 6.07 Å². The molecule has 0 atom stereocenters. The van der Waals surface area contributed by atoms with Crippen molar-refractivity contribution in [2.24, 2.45) is 0 Å². The maximum Gasteiger partial charge on any atom is 0.236 e. The van der Waals surface area contributed by atoms with Gasteiger partial charge in [-0.3, -0.25) is 0 Å². The normalized spacial score (nSPS) is 11.6. The zero-order valence-electron chi connectivity index (χ0n) is 6.30. The van der Waals surface area contributed by atoms with E-state index in [0.717, 1.165) is 0 Å². The van der Waals surface area contributed by atoms with E-state index in [2.05, 4.69) is 15.9 Å². The second kappa shape index (κ2) is 3.94. The van der Waals surface area contributed by atoms with Crippen molar-refractivity contribution >= 4 is 35.7 Å². The van der Waals surface area contributed by atoms with Crippen LogP contribution in [0.2, 0.25) is 0 Å². The molecule has 0 aliphatic carbocycles. The Morgan fingerprint density at radius 1 is 1.46 bits per heavy atom. The molecule has 1 aromatic carbocycles. The van der Waals surface area contributed by atoms with E-state index in [-0.39, 0.29) is 10.2 Å². The largest absolute Gasteiger partial charge is 0.236 e. The number of halogens is 3. The van der Waals surface area contributed by atoms with Crippen LogP contribution in [0.25, 0.3) is 0 Å². The van der Waals surface area contributed by atoms with E-state index in [1.807, 2.05) is 0 Å². The third-order valence-electron chi connectivity index (χ3n) is 1.32. The minimum absolute atomic E-state index is 0.227. The average molecular weight is 288 g/mol. The molecule has 0 radical (unpaired) electrons. The van der Waals surface area contributed by atoms with Crippen LogP contribution in [0, 0.1) is 5.82 Å². The van der Waals surface area contributed by atoms with Crippen molar-refractivity contribution < 1.29 is 12.8 Å². The highest BCUT2D eigenvalue weighted by molar-refractivity contribution is 9.10. The predicted molar refractivity (Wildman–Crippen MR) is 52.6 cm³/mol. The lowest BCUT2D eigenvalue weighted by Gasteiger charge is -1.99. The van der Waals surface area contributed by atoms with Gasteiger partial charge in [0.25, 0.3) is 0 Å². The van der Waals surface area contributed by atoms with Gasteiger partial charge in [0.2, 0.25) is 9.05 Å². The van der Waals surface area contributed by atoms with Gasteiger partial charge in [0, 0.05) is 10.7 Å². The molecule has 0 aliphatic rings. The van der Waals surface area contributed by atoms with Crippen molar-refractivity contribution in [3.05, 3.63) is 34.1 Å². The fourth-order valence-electron chi connectivity index (χ4n) is 0.828. The Labute approximate surface area is 88.3 Å². The van der Waals surface area contributed by atoms with Crippen LogP contribution in [0.5, 0.6) is 0 Å². The summed E-state index contributed by atoms with van der Waals surface area (Å²) in [7, 11) is 1.45. The first-order chi connectivity index (χ1) is 5.88. The number of hydrogen-bond donors (Lipinski definition) is 0. The van der Waals surface area contributed by atoms with Gasteiger partial charge in [-0.2, -0.15) is 0 Å². The molecule has 72 valence electrons. The Morgan fingerprint density at radius 3 is 2.54 bits per heavy atom. The number of benzene rings is 1. The summed E-state index contributed by atoms with van der Waals surface area (Å²) < 4.78 is 34.2. The van der Waals surface area contributed by atoms with Gasteiger partial charge >= 0.3 is 0 Å². The van der Waals surface area contributed by atoms with E-state index >= 15 is 0 Å². The first-order valence-corrected chi connectivity index (χ1v) is 6.52. The molecule has 1 aromatic rings. The minimum atomic E-state index is -3.58. The molecule has 0 amide bonds. The van der Waals surface area contributed by atoms with E-state index in [1.165, 1.54) is 18.2 Å². The summed E-state index contributed by atoms with van der Waals surface area (Å²) in [6, 6.07) is 3.94. The summed E-state index contributed by atoms with van der Waals surface area (Å²) in [5, 5.41) is 0. The molecular weight excluding hydrogens is 282 g/mol. The SMILES string of the molecule is O=S(=O)(Cl)Cc1ccc(F)c(Br)c1. The lowest BCUT2D eigenvalue weighted by atomic mass is 10.2. The standard InChI is InChI=1S/C7H5BrClFO2S/c8-6-3-5(1-2-7(6)10)4-13(9,11)12/h1-3H,4H2. The first kappa shape index (κ1) is 10.9. The van der Waals surface area contributed by atoms with Crippen LogP contribution in [0.4, 0.5) is 4.39 Å². The molecule has 13 heavy (non-hydrogen) atoms. The van der Waals surface area contributed by atoms with E-state index in [0.29, 0.717) is 5.56 Å². The molecule has 1 rings (SSSR count). The molecule has 0 saturated heterocycles. The maximum absolute atomic E-state index is 12.7. The van der Waals surface area contributed by atoms with Crippen molar-refractivity contribution in [2.45, 2.75) is 5.75 Å². The van der Waals surface area contributed by atoms with Gasteiger partial charge in [0.1, 0.15) is 5.82 Å². The van der Waals surface area contributed by atoms with Crippen LogP contribution in [0.15, 0.2) is 22.7 Å². The smallest absolute Gasteiger partial charge is 0.212 e. The van der Waals surface area contributed by atoms with E-state index in [1.54, 1.807) is 0 Å². The van der Waals surface area contributed by atoms with E-state index in [9.17, 15) is 12.8 Å². The highest BCUT2D eigenvalue weighted by Crippen LogP contribution is 2.19. The summed E-state index contributed by atoms with van der Waals surface area (Å²) in [4.78, 5) is 0. The molecule has 0 bridgehead atoms. The molecule has 0 saturated carbocycles. The van der Waals surface area contributed by atoms with Crippen molar-refractivity contribution in [2.75, 3.05) is 0 Å². The van der Waals surface area contributed by atoms with Gasteiger partial charge in [-0.25, -0.2) is 12.8 Å². The second-order valence-corrected chi connectivity index (χ2v) is 6.06. The lowest BCUT2D eigenvalue weighted by Crippen LogP contribution is -1.95. The summed E-state index contributed by atoms with van der Waals surface area (Å²) in [5.41, 5.74) is 0.447. The Kier molecular flexibility index (Phi) is 3.32. The highest BCUT2D eigenvalue weighted by atomic mass is 79.9. The second-order valence-electron chi connectivity index (χ2n) is 2.43. The van der Waals surface area contributed by atoms with Gasteiger partial charge in [0.05, 0.1) is 10.2 Å². The lowest BCUT2D eigenvalue weighted by molar-refractivity contribution is 0.607. The van der Waals surface area contributed by atoms with Crippen LogP contribution >= 0.6 is 26.6 Å². The molecule has 0 N–H and O–H groups in total. The average Bonchev–Trinajstić information content (AvgIpc) is 1.94. The molecule has 0 unspecified atom stereocenters. The molecule has 2 nitrogen and oxygen atoms in total. The summed E-state index contributed by atoms with van der Waals surface area (Å²) in [5.74, 6) is -0.733. The molecule has 0 fully saturated rings. The number of hydrogen-bond acceptors (Lipinski definition) is 2. The fourth-order valence-corrected chi connectivity index (χ4v) is 2.21. The van der Waals surface area contributed by atoms with Crippen molar-refractivity contribution in [1.29, 1.82) is 0 Å².